The summed E-state index contributed by atoms with van der Waals surface area (Å²) < 4.78 is 13.6. The molecule has 0 spiro atoms. The third-order valence-corrected chi connectivity index (χ3v) is 5.02. The van der Waals surface area contributed by atoms with Crippen LogP contribution in [0.5, 0.6) is 0 Å². The highest BCUT2D eigenvalue weighted by Crippen LogP contribution is 2.17. The van der Waals surface area contributed by atoms with Crippen LogP contribution in [0.3, 0.4) is 0 Å². The number of amides is 2. The van der Waals surface area contributed by atoms with Gasteiger partial charge in [-0.15, -0.1) is 11.3 Å². The Kier molecular flexibility index (Phi) is 5.95. The maximum Gasteiger partial charge on any atom is 0.273 e. The molecule has 0 radical (unpaired) electrons. The summed E-state index contributed by atoms with van der Waals surface area (Å²) in [5.74, 6) is -0.584. The van der Waals surface area contributed by atoms with Crippen molar-refractivity contribution in [2.45, 2.75) is 13.3 Å². The van der Waals surface area contributed by atoms with Gasteiger partial charge >= 0.3 is 0 Å². The second-order valence-electron chi connectivity index (χ2n) is 6.26. The van der Waals surface area contributed by atoms with Crippen molar-refractivity contribution in [2.24, 2.45) is 0 Å². The lowest BCUT2D eigenvalue weighted by Gasteiger charge is -2.21. The van der Waals surface area contributed by atoms with Crippen LogP contribution in [0.4, 0.5) is 10.1 Å². The first-order chi connectivity index (χ1) is 12.5. The average molecular weight is 376 g/mol. The first-order valence-corrected chi connectivity index (χ1v) is 9.43. The summed E-state index contributed by atoms with van der Waals surface area (Å²) >= 11 is 1.40. The minimum atomic E-state index is -0.339. The number of hydrogen-bond acceptors (Lipinski definition) is 5. The smallest absolute Gasteiger partial charge is 0.273 e. The number of aromatic nitrogens is 1. The molecule has 2 heterocycles. The molecule has 0 atom stereocenters. The Morgan fingerprint density at radius 2 is 2.12 bits per heavy atom. The van der Waals surface area contributed by atoms with Gasteiger partial charge in [0.25, 0.3) is 5.91 Å². The van der Waals surface area contributed by atoms with E-state index in [4.69, 9.17) is 0 Å². The van der Waals surface area contributed by atoms with E-state index in [1.807, 2.05) is 4.90 Å². The number of nitrogens with one attached hydrogen (secondary N) is 1. The Morgan fingerprint density at radius 1 is 1.27 bits per heavy atom. The molecule has 0 bridgehead atoms. The molecule has 8 heteroatoms. The van der Waals surface area contributed by atoms with Crippen molar-refractivity contribution in [2.75, 3.05) is 38.0 Å². The highest BCUT2D eigenvalue weighted by molar-refractivity contribution is 7.07. The van der Waals surface area contributed by atoms with Gasteiger partial charge in [-0.05, 0) is 25.5 Å². The third-order valence-electron chi connectivity index (χ3n) is 4.44. The van der Waals surface area contributed by atoms with E-state index in [9.17, 15) is 14.0 Å². The zero-order chi connectivity index (χ0) is 18.5. The topological polar surface area (TPSA) is 65.5 Å². The van der Waals surface area contributed by atoms with Gasteiger partial charge < -0.3 is 10.2 Å². The molecule has 0 aliphatic carbocycles. The molecular weight excluding hydrogens is 355 g/mol. The van der Waals surface area contributed by atoms with Gasteiger partial charge in [-0.3, -0.25) is 14.5 Å². The number of benzene rings is 1. The first kappa shape index (κ1) is 18.5. The number of thiazole rings is 1. The molecule has 1 aromatic heterocycles. The highest BCUT2D eigenvalue weighted by atomic mass is 32.1. The number of halogens is 1. The minimum Gasteiger partial charge on any atom is -0.336 e. The molecule has 1 aliphatic heterocycles. The van der Waals surface area contributed by atoms with E-state index < -0.39 is 0 Å². The molecule has 3 rings (SSSR count). The van der Waals surface area contributed by atoms with Crippen molar-refractivity contribution in [3.8, 4) is 0 Å². The molecule has 1 aromatic carbocycles. The fraction of sp³-hybridized carbons (Fsp3) is 0.389. The van der Waals surface area contributed by atoms with Crippen LogP contribution in [-0.4, -0.2) is 59.3 Å². The number of rotatable bonds is 4. The third kappa shape index (κ3) is 4.44. The van der Waals surface area contributed by atoms with Crippen LogP contribution < -0.4 is 5.32 Å². The minimum absolute atomic E-state index is 0.0621. The molecule has 2 amide bonds. The number of hydrogen-bond donors (Lipinski definition) is 1. The van der Waals surface area contributed by atoms with E-state index in [2.05, 4.69) is 10.3 Å². The van der Waals surface area contributed by atoms with Crippen LogP contribution in [0.2, 0.25) is 0 Å². The lowest BCUT2D eigenvalue weighted by Crippen LogP contribution is -2.38. The van der Waals surface area contributed by atoms with Crippen molar-refractivity contribution in [1.82, 2.24) is 14.8 Å². The van der Waals surface area contributed by atoms with Crippen molar-refractivity contribution in [1.29, 1.82) is 0 Å². The van der Waals surface area contributed by atoms with E-state index in [1.54, 1.807) is 34.8 Å². The van der Waals surface area contributed by atoms with E-state index in [0.29, 0.717) is 36.6 Å². The molecule has 1 aliphatic rings. The molecule has 2 aromatic rings. The average Bonchev–Trinajstić information content (AvgIpc) is 3.06. The zero-order valence-electron chi connectivity index (χ0n) is 14.6. The van der Waals surface area contributed by atoms with Gasteiger partial charge in [0.15, 0.2) is 0 Å². The van der Waals surface area contributed by atoms with Crippen molar-refractivity contribution in [3.05, 3.63) is 46.2 Å². The zero-order valence-corrected chi connectivity index (χ0v) is 15.4. The maximum absolute atomic E-state index is 13.6. The monoisotopic (exact) mass is 376 g/mol. The maximum atomic E-state index is 13.6. The van der Waals surface area contributed by atoms with Gasteiger partial charge in [0.1, 0.15) is 11.5 Å². The molecule has 138 valence electrons. The van der Waals surface area contributed by atoms with Crippen molar-refractivity contribution >= 4 is 28.8 Å². The molecule has 6 nitrogen and oxygen atoms in total. The van der Waals surface area contributed by atoms with E-state index in [1.165, 1.54) is 17.4 Å². The molecule has 0 unspecified atom stereocenters. The fourth-order valence-corrected chi connectivity index (χ4v) is 3.47. The van der Waals surface area contributed by atoms with Crippen molar-refractivity contribution in [3.63, 3.8) is 0 Å². The summed E-state index contributed by atoms with van der Waals surface area (Å²) in [6.45, 7) is 4.41. The summed E-state index contributed by atoms with van der Waals surface area (Å²) in [6.07, 6.45) is 0.794. The normalized spacial score (nSPS) is 15.5. The van der Waals surface area contributed by atoms with Gasteiger partial charge in [0.2, 0.25) is 5.91 Å². The summed E-state index contributed by atoms with van der Waals surface area (Å²) in [6, 6.07) is 4.63. The van der Waals surface area contributed by atoms with Gasteiger partial charge in [0.05, 0.1) is 12.1 Å². The van der Waals surface area contributed by atoms with Gasteiger partial charge in [0, 0.05) is 42.8 Å². The lowest BCUT2D eigenvalue weighted by molar-refractivity contribution is -0.117. The standard InChI is InChI=1S/C18H21FN4O2S/c1-13-14(19)4-2-5-15(13)21-17(24)10-22-6-3-7-23(9-8-22)18(25)16-11-26-12-20-16/h2,4-5,11-12H,3,6-10H2,1H3,(H,21,24). The van der Waals surface area contributed by atoms with E-state index in [0.717, 1.165) is 13.0 Å². The van der Waals surface area contributed by atoms with Crippen LogP contribution >= 0.6 is 11.3 Å². The van der Waals surface area contributed by atoms with Gasteiger partial charge in [-0.25, -0.2) is 9.37 Å². The lowest BCUT2D eigenvalue weighted by atomic mass is 10.2. The van der Waals surface area contributed by atoms with Crippen LogP contribution in [0, 0.1) is 12.7 Å². The molecular formula is C18H21FN4O2S. The number of carbonyl (C=O) groups is 2. The SMILES string of the molecule is Cc1c(F)cccc1NC(=O)CN1CCCN(C(=O)c2cscn2)CC1. The number of anilines is 1. The van der Waals surface area contributed by atoms with Crippen LogP contribution in [0.1, 0.15) is 22.5 Å². The molecule has 26 heavy (non-hydrogen) atoms. The predicted molar refractivity (Wildman–Crippen MR) is 98.8 cm³/mol. The molecule has 0 saturated carbocycles. The summed E-state index contributed by atoms with van der Waals surface area (Å²) in [4.78, 5) is 32.5. The predicted octanol–water partition coefficient (Wildman–Crippen LogP) is 2.38. The molecule has 1 N–H and O–H groups in total. The Labute approximate surface area is 155 Å². The summed E-state index contributed by atoms with van der Waals surface area (Å²) in [7, 11) is 0. The second-order valence-corrected chi connectivity index (χ2v) is 6.97. The van der Waals surface area contributed by atoms with Gasteiger partial charge in [-0.2, -0.15) is 0 Å². The molecule has 1 fully saturated rings. The summed E-state index contributed by atoms with van der Waals surface area (Å²) in [5.41, 5.74) is 3.04. The van der Waals surface area contributed by atoms with Crippen LogP contribution in [-0.2, 0) is 4.79 Å². The highest BCUT2D eigenvalue weighted by Gasteiger charge is 2.22. The fourth-order valence-electron chi connectivity index (χ4n) is 2.95. The second kappa shape index (κ2) is 8.37. The van der Waals surface area contributed by atoms with E-state index >= 15 is 0 Å². The molecule has 1 saturated heterocycles. The Hall–Kier alpha value is -2.32. The Morgan fingerprint density at radius 3 is 2.88 bits per heavy atom. The first-order valence-electron chi connectivity index (χ1n) is 8.49. The van der Waals surface area contributed by atoms with Crippen molar-refractivity contribution < 1.29 is 14.0 Å². The van der Waals surface area contributed by atoms with E-state index in [-0.39, 0.29) is 24.2 Å². The van der Waals surface area contributed by atoms with Crippen LogP contribution in [0.25, 0.3) is 0 Å². The number of nitrogens with zero attached hydrogens (tertiary/aromatic N) is 3. The quantitative estimate of drug-likeness (QED) is 0.890. The van der Waals surface area contributed by atoms with Crippen LogP contribution in [0.15, 0.2) is 29.1 Å². The Balaban J connectivity index is 1.53. The largest absolute Gasteiger partial charge is 0.336 e. The Bertz CT molecular complexity index is 782. The summed E-state index contributed by atoms with van der Waals surface area (Å²) in [5, 5.41) is 4.52. The van der Waals surface area contributed by atoms with Gasteiger partial charge in [-0.1, -0.05) is 6.07 Å². The number of carbonyl (C=O) groups excluding carboxylic acids is 2.